The fourth-order valence-electron chi connectivity index (χ4n) is 2.70. The minimum atomic E-state index is -0.866. The zero-order valence-electron chi connectivity index (χ0n) is 14.5. The predicted molar refractivity (Wildman–Crippen MR) is 93.3 cm³/mol. The number of carbonyl (C=O) groups excluding carboxylic acids is 2. The molecule has 136 valence electrons. The number of hydrogen-bond donors (Lipinski definition) is 2. The van der Waals surface area contributed by atoms with E-state index in [1.54, 1.807) is 9.80 Å². The Hall–Kier alpha value is -2.57. The number of carboxylic acids is 1. The SMILES string of the molecule is Cc1ccc(CC(=O)N2CCN(C(=O)NCCCC(=O)O)CC2)cc1. The van der Waals surface area contributed by atoms with Gasteiger partial charge in [-0.2, -0.15) is 0 Å². The largest absolute Gasteiger partial charge is 0.481 e. The third-order valence-corrected chi connectivity index (χ3v) is 4.24. The molecule has 0 spiro atoms. The summed E-state index contributed by atoms with van der Waals surface area (Å²) in [4.78, 5) is 38.2. The maximum atomic E-state index is 12.4. The molecular formula is C18H25N3O4. The first-order chi connectivity index (χ1) is 12.0. The van der Waals surface area contributed by atoms with Crippen molar-refractivity contribution in [1.82, 2.24) is 15.1 Å². The number of piperazine rings is 1. The van der Waals surface area contributed by atoms with Crippen molar-refractivity contribution < 1.29 is 19.5 Å². The molecule has 25 heavy (non-hydrogen) atoms. The Morgan fingerprint density at radius 3 is 2.24 bits per heavy atom. The van der Waals surface area contributed by atoms with Gasteiger partial charge in [0.2, 0.25) is 5.91 Å². The number of carboxylic acid groups (broad SMARTS) is 1. The van der Waals surface area contributed by atoms with Gasteiger partial charge in [0.15, 0.2) is 0 Å². The van der Waals surface area contributed by atoms with Gasteiger partial charge in [0, 0.05) is 39.1 Å². The molecule has 2 rings (SSSR count). The van der Waals surface area contributed by atoms with Crippen LogP contribution in [0.15, 0.2) is 24.3 Å². The van der Waals surface area contributed by atoms with E-state index in [4.69, 9.17) is 5.11 Å². The summed E-state index contributed by atoms with van der Waals surface area (Å²) < 4.78 is 0. The van der Waals surface area contributed by atoms with Crippen molar-refractivity contribution >= 4 is 17.9 Å². The summed E-state index contributed by atoms with van der Waals surface area (Å²) >= 11 is 0. The molecule has 3 amide bonds. The van der Waals surface area contributed by atoms with E-state index in [0.717, 1.165) is 5.56 Å². The monoisotopic (exact) mass is 347 g/mol. The van der Waals surface area contributed by atoms with Crippen molar-refractivity contribution in [3.63, 3.8) is 0 Å². The predicted octanol–water partition coefficient (Wildman–Crippen LogP) is 1.26. The smallest absolute Gasteiger partial charge is 0.317 e. The van der Waals surface area contributed by atoms with Gasteiger partial charge in [-0.25, -0.2) is 4.79 Å². The van der Waals surface area contributed by atoms with Gasteiger partial charge in [-0.15, -0.1) is 0 Å². The lowest BCUT2D eigenvalue weighted by molar-refractivity contribution is -0.137. The van der Waals surface area contributed by atoms with Crippen LogP contribution < -0.4 is 5.32 Å². The Labute approximate surface area is 147 Å². The van der Waals surface area contributed by atoms with Crippen LogP contribution in [0.25, 0.3) is 0 Å². The molecule has 0 bridgehead atoms. The molecule has 0 aliphatic carbocycles. The summed E-state index contributed by atoms with van der Waals surface area (Å²) in [7, 11) is 0. The van der Waals surface area contributed by atoms with E-state index >= 15 is 0 Å². The lowest BCUT2D eigenvalue weighted by Crippen LogP contribution is -2.53. The zero-order valence-corrected chi connectivity index (χ0v) is 14.5. The van der Waals surface area contributed by atoms with Crippen LogP contribution in [0, 0.1) is 6.92 Å². The van der Waals surface area contributed by atoms with Crippen molar-refractivity contribution in [2.45, 2.75) is 26.2 Å². The number of nitrogens with zero attached hydrogens (tertiary/aromatic N) is 2. The van der Waals surface area contributed by atoms with Crippen LogP contribution in [0.5, 0.6) is 0 Å². The summed E-state index contributed by atoms with van der Waals surface area (Å²) in [6.45, 7) is 4.38. The standard InChI is InChI=1S/C18H25N3O4/c1-14-4-6-15(7-5-14)13-16(22)20-9-11-21(12-10-20)18(25)19-8-2-3-17(23)24/h4-7H,2-3,8-13H2,1H3,(H,19,25)(H,23,24). The quantitative estimate of drug-likeness (QED) is 0.758. The number of carbonyl (C=O) groups is 3. The number of hydrogen-bond acceptors (Lipinski definition) is 3. The third-order valence-electron chi connectivity index (χ3n) is 4.24. The molecule has 0 unspecified atom stereocenters. The molecule has 1 aliphatic rings. The van der Waals surface area contributed by atoms with Crippen LogP contribution in [0.3, 0.4) is 0 Å². The highest BCUT2D eigenvalue weighted by Gasteiger charge is 2.23. The number of aryl methyl sites for hydroxylation is 1. The number of urea groups is 1. The molecule has 1 fully saturated rings. The topological polar surface area (TPSA) is 90.0 Å². The normalized spacial score (nSPS) is 14.3. The van der Waals surface area contributed by atoms with Crippen molar-refractivity contribution in [2.24, 2.45) is 0 Å². The fraction of sp³-hybridized carbons (Fsp3) is 0.500. The highest BCUT2D eigenvalue weighted by Crippen LogP contribution is 2.08. The van der Waals surface area contributed by atoms with E-state index in [2.05, 4.69) is 5.32 Å². The molecule has 1 heterocycles. The molecular weight excluding hydrogens is 322 g/mol. The number of amides is 3. The third kappa shape index (κ3) is 6.10. The van der Waals surface area contributed by atoms with Gasteiger partial charge in [0.1, 0.15) is 0 Å². The second kappa shape index (κ2) is 9.05. The Balaban J connectivity index is 1.71. The highest BCUT2D eigenvalue weighted by atomic mass is 16.4. The molecule has 1 saturated heterocycles. The van der Waals surface area contributed by atoms with Crippen LogP contribution >= 0.6 is 0 Å². The Morgan fingerprint density at radius 1 is 1.04 bits per heavy atom. The summed E-state index contributed by atoms with van der Waals surface area (Å²) in [5, 5.41) is 11.3. The Bertz CT molecular complexity index is 607. The van der Waals surface area contributed by atoms with E-state index in [0.29, 0.717) is 45.6 Å². The Morgan fingerprint density at radius 2 is 1.64 bits per heavy atom. The molecule has 1 aromatic carbocycles. The summed E-state index contributed by atoms with van der Waals surface area (Å²) in [5.74, 6) is -0.791. The lowest BCUT2D eigenvalue weighted by atomic mass is 10.1. The van der Waals surface area contributed by atoms with Gasteiger partial charge in [0.25, 0.3) is 0 Å². The number of benzene rings is 1. The van der Waals surface area contributed by atoms with Crippen molar-refractivity contribution in [2.75, 3.05) is 32.7 Å². The molecule has 7 nitrogen and oxygen atoms in total. The fourth-order valence-corrected chi connectivity index (χ4v) is 2.70. The van der Waals surface area contributed by atoms with Crippen LogP contribution in [0.2, 0.25) is 0 Å². The van der Waals surface area contributed by atoms with E-state index in [-0.39, 0.29) is 18.4 Å². The summed E-state index contributed by atoms with van der Waals surface area (Å²) in [6, 6.07) is 7.73. The van der Waals surface area contributed by atoms with Gasteiger partial charge in [0.05, 0.1) is 6.42 Å². The molecule has 0 aromatic heterocycles. The van der Waals surface area contributed by atoms with E-state index in [1.807, 2.05) is 31.2 Å². The minimum Gasteiger partial charge on any atom is -0.481 e. The van der Waals surface area contributed by atoms with E-state index < -0.39 is 5.97 Å². The first-order valence-corrected chi connectivity index (χ1v) is 8.53. The molecule has 1 aliphatic heterocycles. The number of nitrogens with one attached hydrogen (secondary N) is 1. The summed E-state index contributed by atoms with van der Waals surface area (Å²) in [5.41, 5.74) is 2.16. The maximum Gasteiger partial charge on any atom is 0.317 e. The minimum absolute atomic E-state index is 0.0432. The average molecular weight is 347 g/mol. The van der Waals surface area contributed by atoms with Gasteiger partial charge >= 0.3 is 12.0 Å². The second-order valence-electron chi connectivity index (χ2n) is 6.26. The van der Waals surface area contributed by atoms with Crippen molar-refractivity contribution in [3.05, 3.63) is 35.4 Å². The van der Waals surface area contributed by atoms with Crippen LogP contribution in [-0.2, 0) is 16.0 Å². The second-order valence-corrected chi connectivity index (χ2v) is 6.26. The van der Waals surface area contributed by atoms with Gasteiger partial charge in [-0.1, -0.05) is 29.8 Å². The first-order valence-electron chi connectivity index (χ1n) is 8.53. The average Bonchev–Trinajstić information content (AvgIpc) is 2.60. The van der Waals surface area contributed by atoms with E-state index in [9.17, 15) is 14.4 Å². The number of aliphatic carboxylic acids is 1. The molecule has 2 N–H and O–H groups in total. The van der Waals surface area contributed by atoms with Crippen molar-refractivity contribution in [1.29, 1.82) is 0 Å². The highest BCUT2D eigenvalue weighted by molar-refractivity contribution is 5.79. The zero-order chi connectivity index (χ0) is 18.2. The van der Waals surface area contributed by atoms with Gasteiger partial charge < -0.3 is 20.2 Å². The molecule has 1 aromatic rings. The Kier molecular flexibility index (Phi) is 6.80. The first kappa shape index (κ1) is 18.8. The lowest BCUT2D eigenvalue weighted by Gasteiger charge is -2.34. The maximum absolute atomic E-state index is 12.4. The van der Waals surface area contributed by atoms with Crippen LogP contribution in [0.1, 0.15) is 24.0 Å². The van der Waals surface area contributed by atoms with E-state index in [1.165, 1.54) is 5.56 Å². The molecule has 7 heteroatoms. The van der Waals surface area contributed by atoms with Gasteiger partial charge in [-0.3, -0.25) is 9.59 Å². The number of rotatable bonds is 6. The van der Waals surface area contributed by atoms with Crippen LogP contribution in [0.4, 0.5) is 4.79 Å². The summed E-state index contributed by atoms with van der Waals surface area (Å²) in [6.07, 6.45) is 0.833. The van der Waals surface area contributed by atoms with Crippen molar-refractivity contribution in [3.8, 4) is 0 Å². The molecule has 0 radical (unpaired) electrons. The molecule has 0 atom stereocenters. The van der Waals surface area contributed by atoms with Crippen LogP contribution in [-0.4, -0.2) is 65.5 Å². The van der Waals surface area contributed by atoms with Gasteiger partial charge in [-0.05, 0) is 18.9 Å². The molecule has 0 saturated carbocycles.